The quantitative estimate of drug-likeness (QED) is 0.878. The summed E-state index contributed by atoms with van der Waals surface area (Å²) in [6.45, 7) is 1.99. The number of nitrogens with zero attached hydrogens (tertiary/aromatic N) is 1. The molecule has 4 bridgehead atoms. The monoisotopic (exact) mass is 330 g/mol. The third-order valence-corrected chi connectivity index (χ3v) is 6.77. The number of halogens is 1. The van der Waals surface area contributed by atoms with Gasteiger partial charge in [-0.3, -0.25) is 0 Å². The molecule has 4 fully saturated rings. The molecule has 1 atom stereocenters. The Hall–Kier alpha value is -1.58. The zero-order valence-corrected chi connectivity index (χ0v) is 14.5. The third kappa shape index (κ3) is 2.80. The molecule has 2 amide bonds. The summed E-state index contributed by atoms with van der Waals surface area (Å²) in [5.74, 6) is 2.94. The maximum Gasteiger partial charge on any atom is 0.317 e. The van der Waals surface area contributed by atoms with Crippen molar-refractivity contribution in [3.63, 3.8) is 0 Å². The molecule has 1 unspecified atom stereocenters. The van der Waals surface area contributed by atoms with Gasteiger partial charge in [0.05, 0.1) is 6.04 Å². The van der Waals surface area contributed by atoms with Crippen molar-refractivity contribution in [2.75, 3.05) is 7.05 Å². The topological polar surface area (TPSA) is 32.3 Å². The first kappa shape index (κ1) is 15.9. The van der Waals surface area contributed by atoms with Crippen LogP contribution in [0.2, 0.25) is 0 Å². The van der Waals surface area contributed by atoms with E-state index in [0.717, 1.165) is 17.4 Å². The van der Waals surface area contributed by atoms with Gasteiger partial charge in [0.2, 0.25) is 0 Å². The van der Waals surface area contributed by atoms with Crippen molar-refractivity contribution in [2.45, 2.75) is 51.1 Å². The van der Waals surface area contributed by atoms with Crippen molar-refractivity contribution in [3.8, 4) is 0 Å². The van der Waals surface area contributed by atoms with Crippen molar-refractivity contribution < 1.29 is 9.18 Å². The Kier molecular flexibility index (Phi) is 4.01. The molecule has 0 radical (unpaired) electrons. The molecule has 1 aromatic rings. The molecule has 1 N–H and O–H groups in total. The number of amides is 2. The maximum absolute atomic E-state index is 13.1. The van der Waals surface area contributed by atoms with Crippen molar-refractivity contribution in [2.24, 2.45) is 23.7 Å². The molecule has 0 spiro atoms. The summed E-state index contributed by atoms with van der Waals surface area (Å²) < 4.78 is 13.1. The molecule has 4 heteroatoms. The zero-order valence-electron chi connectivity index (χ0n) is 14.5. The molecule has 24 heavy (non-hydrogen) atoms. The average Bonchev–Trinajstić information content (AvgIpc) is 2.56. The minimum absolute atomic E-state index is 0.00398. The minimum Gasteiger partial charge on any atom is -0.335 e. The Bertz CT molecular complexity index is 587. The lowest BCUT2D eigenvalue weighted by Crippen LogP contribution is -2.57. The number of urea groups is 1. The number of carbonyl (C=O) groups excluding carboxylic acids is 1. The summed E-state index contributed by atoms with van der Waals surface area (Å²) in [6.07, 6.45) is 6.63. The molecule has 4 aliphatic rings. The fraction of sp³-hybridized carbons (Fsp3) is 0.650. The Morgan fingerprint density at radius 2 is 1.62 bits per heavy atom. The zero-order chi connectivity index (χ0) is 16.8. The van der Waals surface area contributed by atoms with Crippen LogP contribution >= 0.6 is 0 Å². The van der Waals surface area contributed by atoms with Crippen LogP contribution in [0.25, 0.3) is 0 Å². The van der Waals surface area contributed by atoms with E-state index in [0.29, 0.717) is 17.9 Å². The first-order valence-electron chi connectivity index (χ1n) is 9.30. The highest BCUT2D eigenvalue weighted by Crippen LogP contribution is 2.53. The van der Waals surface area contributed by atoms with Crippen LogP contribution in [0, 0.1) is 29.5 Å². The third-order valence-electron chi connectivity index (χ3n) is 6.77. The van der Waals surface area contributed by atoms with Crippen LogP contribution in [-0.2, 0) is 0 Å². The van der Waals surface area contributed by atoms with Gasteiger partial charge in [0.1, 0.15) is 5.82 Å². The van der Waals surface area contributed by atoms with Gasteiger partial charge in [0.25, 0.3) is 0 Å². The predicted octanol–water partition coefficient (Wildman–Crippen LogP) is 4.35. The maximum atomic E-state index is 13.1. The standard InChI is InChI=1S/C20H27FN2O/c1-12(15-3-5-18(21)6-4-15)23(2)20(24)22-19-16-8-13-7-14(10-16)11-17(19)9-13/h3-6,12-14,16-17,19H,7-11H2,1-2H3,(H,22,24). The summed E-state index contributed by atoms with van der Waals surface area (Å²) in [6, 6.07) is 6.71. The Labute approximate surface area is 143 Å². The number of hydrogen-bond acceptors (Lipinski definition) is 1. The molecule has 0 aromatic heterocycles. The summed E-state index contributed by atoms with van der Waals surface area (Å²) in [4.78, 5) is 14.5. The highest BCUT2D eigenvalue weighted by molar-refractivity contribution is 5.75. The molecule has 4 saturated carbocycles. The summed E-state index contributed by atoms with van der Waals surface area (Å²) in [7, 11) is 1.83. The van der Waals surface area contributed by atoms with Gasteiger partial charge in [-0.15, -0.1) is 0 Å². The van der Waals surface area contributed by atoms with Crippen molar-refractivity contribution >= 4 is 6.03 Å². The molecular formula is C20H27FN2O. The lowest BCUT2D eigenvalue weighted by Gasteiger charge is -2.54. The van der Waals surface area contributed by atoms with Crippen molar-refractivity contribution in [3.05, 3.63) is 35.6 Å². The minimum atomic E-state index is -0.244. The van der Waals surface area contributed by atoms with E-state index in [4.69, 9.17) is 0 Å². The normalized spacial score (nSPS) is 34.9. The van der Waals surface area contributed by atoms with Crippen LogP contribution < -0.4 is 5.32 Å². The Morgan fingerprint density at radius 1 is 1.08 bits per heavy atom. The van der Waals surface area contributed by atoms with Crippen LogP contribution in [0.15, 0.2) is 24.3 Å². The van der Waals surface area contributed by atoms with Gasteiger partial charge in [0.15, 0.2) is 0 Å². The van der Waals surface area contributed by atoms with E-state index in [1.165, 1.54) is 44.2 Å². The first-order valence-corrected chi connectivity index (χ1v) is 9.30. The molecule has 130 valence electrons. The largest absolute Gasteiger partial charge is 0.335 e. The van der Waals surface area contributed by atoms with Gasteiger partial charge in [-0.2, -0.15) is 0 Å². The van der Waals surface area contributed by atoms with Gasteiger partial charge in [-0.1, -0.05) is 12.1 Å². The Morgan fingerprint density at radius 3 is 2.17 bits per heavy atom. The molecule has 0 heterocycles. The van der Waals surface area contributed by atoms with E-state index >= 15 is 0 Å². The first-order chi connectivity index (χ1) is 11.5. The molecule has 4 aliphatic carbocycles. The van der Waals surface area contributed by atoms with Gasteiger partial charge in [-0.25, -0.2) is 9.18 Å². The summed E-state index contributed by atoms with van der Waals surface area (Å²) >= 11 is 0. The van der Waals surface area contributed by atoms with Gasteiger partial charge in [-0.05, 0) is 80.4 Å². The SMILES string of the molecule is CC(c1ccc(F)cc1)N(C)C(=O)NC1C2CC3CC(C2)CC1C3. The lowest BCUT2D eigenvalue weighted by atomic mass is 9.54. The van der Waals surface area contributed by atoms with Gasteiger partial charge >= 0.3 is 6.03 Å². The number of nitrogens with one attached hydrogen (secondary N) is 1. The van der Waals surface area contributed by atoms with Gasteiger partial charge in [0, 0.05) is 13.1 Å². The summed E-state index contributed by atoms with van der Waals surface area (Å²) in [5, 5.41) is 3.34. The van der Waals surface area contributed by atoms with Crippen LogP contribution in [-0.4, -0.2) is 24.0 Å². The Balaban J connectivity index is 1.41. The molecule has 5 rings (SSSR count). The second-order valence-corrected chi connectivity index (χ2v) is 8.24. The molecule has 3 nitrogen and oxygen atoms in total. The lowest BCUT2D eigenvalue weighted by molar-refractivity contribution is -0.0111. The molecule has 0 aliphatic heterocycles. The number of rotatable bonds is 3. The van der Waals surface area contributed by atoms with E-state index in [-0.39, 0.29) is 17.9 Å². The highest BCUT2D eigenvalue weighted by atomic mass is 19.1. The van der Waals surface area contributed by atoms with Crippen LogP contribution in [0.5, 0.6) is 0 Å². The van der Waals surface area contributed by atoms with E-state index < -0.39 is 0 Å². The molecule has 1 aromatic carbocycles. The van der Waals surface area contributed by atoms with Crippen LogP contribution in [0.3, 0.4) is 0 Å². The molecular weight excluding hydrogens is 303 g/mol. The second kappa shape index (κ2) is 6.05. The summed E-state index contributed by atoms with van der Waals surface area (Å²) in [5.41, 5.74) is 0.958. The predicted molar refractivity (Wildman–Crippen MR) is 91.9 cm³/mol. The fourth-order valence-corrected chi connectivity index (χ4v) is 5.55. The van der Waals surface area contributed by atoms with Crippen molar-refractivity contribution in [1.82, 2.24) is 10.2 Å². The van der Waals surface area contributed by atoms with E-state index in [2.05, 4.69) is 5.32 Å². The fourth-order valence-electron chi connectivity index (χ4n) is 5.55. The second-order valence-electron chi connectivity index (χ2n) is 8.24. The smallest absolute Gasteiger partial charge is 0.317 e. The number of carbonyl (C=O) groups is 1. The van der Waals surface area contributed by atoms with Crippen molar-refractivity contribution in [1.29, 1.82) is 0 Å². The van der Waals surface area contributed by atoms with Gasteiger partial charge < -0.3 is 10.2 Å². The molecule has 0 saturated heterocycles. The number of hydrogen-bond donors (Lipinski definition) is 1. The average molecular weight is 330 g/mol. The van der Waals surface area contributed by atoms with Crippen LogP contribution in [0.1, 0.15) is 50.6 Å². The highest BCUT2D eigenvalue weighted by Gasteiger charge is 2.48. The van der Waals surface area contributed by atoms with E-state index in [1.807, 2.05) is 14.0 Å². The van der Waals surface area contributed by atoms with E-state index in [9.17, 15) is 9.18 Å². The number of benzene rings is 1. The van der Waals surface area contributed by atoms with Crippen LogP contribution in [0.4, 0.5) is 9.18 Å². The van der Waals surface area contributed by atoms with E-state index in [1.54, 1.807) is 17.0 Å².